The molecule has 5 aliphatic rings. The van der Waals surface area contributed by atoms with E-state index in [4.69, 9.17) is 16.3 Å². The lowest BCUT2D eigenvalue weighted by atomic mass is 9.43. The molecule has 1 saturated heterocycles. The van der Waals surface area contributed by atoms with Gasteiger partial charge in [0, 0.05) is 30.4 Å². The number of esters is 1. The molecule has 6 rings (SSSR count). The first-order valence-corrected chi connectivity index (χ1v) is 15.7. The molecule has 7 nitrogen and oxygen atoms in total. The maximum Gasteiger partial charge on any atom is 0.303 e. The summed E-state index contributed by atoms with van der Waals surface area (Å²) in [6.45, 7) is 9.30. The van der Waals surface area contributed by atoms with E-state index >= 15 is 8.78 Å². The fraction of sp³-hybridized carbons (Fsp3) is 0.588. The van der Waals surface area contributed by atoms with Crippen molar-refractivity contribution >= 4 is 34.4 Å². The Labute approximate surface area is 262 Å². The lowest BCUT2D eigenvalue weighted by molar-refractivity contribution is -0.211. The van der Waals surface area contributed by atoms with Crippen molar-refractivity contribution in [3.8, 4) is 0 Å². The minimum atomic E-state index is -2.16. The van der Waals surface area contributed by atoms with Crippen LogP contribution in [0.15, 0.2) is 54.1 Å². The van der Waals surface area contributed by atoms with Gasteiger partial charge in [0.05, 0.1) is 11.5 Å². The molecular weight excluding hydrogens is 592 g/mol. The number of fused-ring (bicyclic) bond motifs is 7. The third-order valence-electron chi connectivity index (χ3n) is 11.0. The molecular formula is C34H42ClF2NO6. The second-order valence-electron chi connectivity index (χ2n) is 12.7. The van der Waals surface area contributed by atoms with Gasteiger partial charge in [-0.25, -0.2) is 8.78 Å². The molecule has 240 valence electrons. The monoisotopic (exact) mass is 633 g/mol. The van der Waals surface area contributed by atoms with Gasteiger partial charge in [-0.1, -0.05) is 57.2 Å². The molecule has 3 saturated carbocycles. The Kier molecular flexibility index (Phi) is 9.75. The lowest BCUT2D eigenvalue weighted by Crippen LogP contribution is -2.69. The third-order valence-corrected chi connectivity index (χ3v) is 11.2. The molecule has 1 aromatic rings. The number of halogens is 3. The zero-order valence-electron chi connectivity index (χ0n) is 25.9. The number of ether oxygens (including phenoxy) is 1. The number of rotatable bonds is 4. The van der Waals surface area contributed by atoms with Gasteiger partial charge in [0.25, 0.3) is 5.24 Å². The van der Waals surface area contributed by atoms with Crippen molar-refractivity contribution in [1.29, 1.82) is 0 Å². The molecule has 0 bridgehead atoms. The van der Waals surface area contributed by atoms with Gasteiger partial charge in [0.15, 0.2) is 23.8 Å². The Hall–Kier alpha value is -2.75. The number of aliphatic hydroxyl groups excluding tert-OH is 1. The summed E-state index contributed by atoms with van der Waals surface area (Å²) in [7, 11) is 0. The molecule has 0 radical (unpaired) electrons. The molecule has 2 N–H and O–H groups in total. The van der Waals surface area contributed by atoms with Crippen LogP contribution >= 0.6 is 11.6 Å². The topological polar surface area (TPSA) is 110 Å². The van der Waals surface area contributed by atoms with Crippen molar-refractivity contribution in [2.75, 3.05) is 19.7 Å². The second-order valence-corrected chi connectivity index (χ2v) is 13.1. The quantitative estimate of drug-likeness (QED) is 0.340. The van der Waals surface area contributed by atoms with Crippen LogP contribution in [-0.2, 0) is 19.1 Å². The van der Waals surface area contributed by atoms with Crippen LogP contribution in [0.5, 0.6) is 0 Å². The first kappa shape index (κ1) is 34.1. The van der Waals surface area contributed by atoms with Gasteiger partial charge in [0.1, 0.15) is 6.17 Å². The highest BCUT2D eigenvalue weighted by atomic mass is 35.5. The van der Waals surface area contributed by atoms with Crippen LogP contribution in [0, 0.1) is 34.0 Å². The van der Waals surface area contributed by atoms with Crippen LogP contribution < -0.4 is 5.32 Å². The van der Waals surface area contributed by atoms with E-state index in [2.05, 4.69) is 5.32 Å². The highest BCUT2D eigenvalue weighted by molar-refractivity contribution is 6.67. The van der Waals surface area contributed by atoms with Crippen LogP contribution in [0.4, 0.5) is 8.78 Å². The SMILES string of the molecule is CC.CC(=O)OCC(=O)[C@@]12CNC[C@@H]1CC1[C@@H]3C[C@H](F)C4=CC(=O)C=C[C@]4(C)[C@@]3(F)[C@@H](O)C[C@@]12C.O=C(Cl)c1ccccc1. The van der Waals surface area contributed by atoms with E-state index in [1.165, 1.54) is 25.2 Å². The van der Waals surface area contributed by atoms with Gasteiger partial charge in [-0.2, -0.15) is 0 Å². The van der Waals surface area contributed by atoms with E-state index < -0.39 is 51.3 Å². The summed E-state index contributed by atoms with van der Waals surface area (Å²) in [5, 5.41) is 14.3. The van der Waals surface area contributed by atoms with Crippen molar-refractivity contribution in [3.63, 3.8) is 0 Å². The summed E-state index contributed by atoms with van der Waals surface area (Å²) in [4.78, 5) is 47.3. The molecule has 4 fully saturated rings. The second kappa shape index (κ2) is 12.6. The normalized spacial score (nSPS) is 39.5. The summed E-state index contributed by atoms with van der Waals surface area (Å²) in [5.74, 6) is -2.41. The maximum atomic E-state index is 17.2. The summed E-state index contributed by atoms with van der Waals surface area (Å²) in [5.41, 5.74) is -4.67. The van der Waals surface area contributed by atoms with Gasteiger partial charge in [-0.05, 0) is 79.3 Å². The molecule has 9 atom stereocenters. The number of nitrogens with one attached hydrogen (secondary N) is 1. The molecule has 4 aliphatic carbocycles. The van der Waals surface area contributed by atoms with E-state index in [1.807, 2.05) is 26.8 Å². The van der Waals surface area contributed by atoms with Gasteiger partial charge in [-0.3, -0.25) is 19.2 Å². The van der Waals surface area contributed by atoms with Gasteiger partial charge in [0.2, 0.25) is 0 Å². The Morgan fingerprint density at radius 2 is 1.77 bits per heavy atom. The van der Waals surface area contributed by atoms with E-state index in [9.17, 15) is 24.3 Å². The van der Waals surface area contributed by atoms with E-state index in [-0.39, 0.29) is 48.4 Å². The number of benzene rings is 1. The molecule has 44 heavy (non-hydrogen) atoms. The number of carbonyl (C=O) groups is 4. The van der Waals surface area contributed by atoms with Crippen LogP contribution in [-0.4, -0.2) is 65.5 Å². The summed E-state index contributed by atoms with van der Waals surface area (Å²) in [6.07, 6.45) is 1.36. The summed E-state index contributed by atoms with van der Waals surface area (Å²) >= 11 is 5.16. The number of aliphatic hydroxyl groups is 1. The number of allylic oxidation sites excluding steroid dienone is 4. The van der Waals surface area contributed by atoms with E-state index in [1.54, 1.807) is 31.2 Å². The Bertz CT molecular complexity index is 1370. The highest BCUT2D eigenvalue weighted by Gasteiger charge is 2.77. The number of hydrogen-bond donors (Lipinski definition) is 2. The molecule has 1 heterocycles. The van der Waals surface area contributed by atoms with Crippen LogP contribution in [0.25, 0.3) is 0 Å². The minimum Gasteiger partial charge on any atom is -0.458 e. The number of alkyl halides is 2. The smallest absolute Gasteiger partial charge is 0.303 e. The molecule has 1 aromatic carbocycles. The predicted molar refractivity (Wildman–Crippen MR) is 162 cm³/mol. The molecule has 1 aliphatic heterocycles. The lowest BCUT2D eigenvalue weighted by Gasteiger charge is -2.63. The molecule has 0 spiro atoms. The molecule has 0 amide bonds. The van der Waals surface area contributed by atoms with E-state index in [0.29, 0.717) is 25.1 Å². The number of carbonyl (C=O) groups excluding carboxylic acids is 4. The van der Waals surface area contributed by atoms with Gasteiger partial charge in [-0.15, -0.1) is 0 Å². The van der Waals surface area contributed by atoms with Crippen molar-refractivity contribution in [2.45, 2.75) is 71.8 Å². The number of hydrogen-bond acceptors (Lipinski definition) is 7. The zero-order chi connectivity index (χ0) is 32.7. The third kappa shape index (κ3) is 5.09. The summed E-state index contributed by atoms with van der Waals surface area (Å²) in [6, 6.07) is 8.74. The average Bonchev–Trinajstić information content (AvgIpc) is 3.53. The summed E-state index contributed by atoms with van der Waals surface area (Å²) < 4.78 is 37.8. The van der Waals surface area contributed by atoms with Crippen molar-refractivity contribution < 1.29 is 37.8 Å². The standard InChI is InChI=1S/C25H31F2NO5.C7H5ClO.C2H6/c1-13(29)33-11-21(32)24-12-28-10-14(24)6-16-17-8-19(26)18-7-15(30)4-5-22(18,2)25(17,27)20(31)9-23(16,24)3;8-7(9)6-4-2-1-3-5-6;1-2/h4-5,7,14,16-17,19-20,28,31H,6,8-12H2,1-3H3;1-5H;1-2H3/t14-,16?,17-,19-,20-,22-,23-,24+,25-;;/m0../s1. The average molecular weight is 634 g/mol. The van der Waals surface area contributed by atoms with Crippen LogP contribution in [0.3, 0.4) is 0 Å². The van der Waals surface area contributed by atoms with Crippen molar-refractivity contribution in [3.05, 3.63) is 59.7 Å². The highest BCUT2D eigenvalue weighted by Crippen LogP contribution is 2.73. The maximum absolute atomic E-state index is 17.2. The Morgan fingerprint density at radius 3 is 2.36 bits per heavy atom. The number of ketones is 2. The zero-order valence-corrected chi connectivity index (χ0v) is 26.6. The van der Waals surface area contributed by atoms with Gasteiger partial charge >= 0.3 is 5.97 Å². The largest absolute Gasteiger partial charge is 0.458 e. The Balaban J connectivity index is 0.000000343. The predicted octanol–water partition coefficient (Wildman–Crippen LogP) is 5.34. The van der Waals surface area contributed by atoms with Gasteiger partial charge < -0.3 is 15.2 Å². The van der Waals surface area contributed by atoms with E-state index in [0.717, 1.165) is 0 Å². The molecule has 1 unspecified atom stereocenters. The molecule has 0 aromatic heterocycles. The fourth-order valence-corrected chi connectivity index (χ4v) is 9.16. The number of Topliss-reactive ketones (excluding diaryl/α,β-unsaturated/α-hetero) is 1. The van der Waals surface area contributed by atoms with Crippen molar-refractivity contribution in [1.82, 2.24) is 5.32 Å². The van der Waals surface area contributed by atoms with Crippen LogP contribution in [0.2, 0.25) is 0 Å². The Morgan fingerprint density at radius 1 is 1.11 bits per heavy atom. The first-order valence-electron chi connectivity index (χ1n) is 15.3. The van der Waals surface area contributed by atoms with Crippen LogP contribution in [0.1, 0.15) is 64.2 Å². The minimum absolute atomic E-state index is 0.0380. The van der Waals surface area contributed by atoms with Crippen molar-refractivity contribution in [2.24, 2.45) is 34.0 Å². The first-order chi connectivity index (χ1) is 20.7. The fourth-order valence-electron chi connectivity index (χ4n) is 9.03. The molecule has 10 heteroatoms.